The molecule has 1 aromatic rings. The van der Waals surface area contributed by atoms with E-state index in [0.717, 1.165) is 44.7 Å². The average Bonchev–Trinajstić information content (AvgIpc) is 3.22. The van der Waals surface area contributed by atoms with Crippen LogP contribution in [0.4, 0.5) is 4.39 Å². The summed E-state index contributed by atoms with van der Waals surface area (Å²) in [5.74, 6) is 1.34. The molecule has 2 fully saturated rings. The van der Waals surface area contributed by atoms with Gasteiger partial charge in [-0.1, -0.05) is 0 Å². The predicted molar refractivity (Wildman–Crippen MR) is 112 cm³/mol. The van der Waals surface area contributed by atoms with Crippen molar-refractivity contribution in [3.05, 3.63) is 30.1 Å². The topological polar surface area (TPSA) is 54.9 Å². The van der Waals surface area contributed by atoms with Crippen molar-refractivity contribution in [2.24, 2.45) is 4.99 Å². The van der Waals surface area contributed by atoms with E-state index in [1.807, 2.05) is 0 Å². The predicted octanol–water partition coefficient (Wildman–Crippen LogP) is 3.48. The van der Waals surface area contributed by atoms with Crippen molar-refractivity contribution < 1.29 is 13.9 Å². The maximum Gasteiger partial charge on any atom is 0.191 e. The van der Waals surface area contributed by atoms with Crippen molar-refractivity contribution in [1.82, 2.24) is 10.6 Å². The average molecular weight is 477 g/mol. The van der Waals surface area contributed by atoms with Crippen LogP contribution in [0.5, 0.6) is 5.75 Å². The summed E-state index contributed by atoms with van der Waals surface area (Å²) >= 11 is 0. The van der Waals surface area contributed by atoms with E-state index in [4.69, 9.17) is 9.47 Å². The fourth-order valence-electron chi connectivity index (χ4n) is 3.41. The second-order valence-electron chi connectivity index (χ2n) is 6.63. The lowest BCUT2D eigenvalue weighted by atomic mass is 9.96. The molecule has 0 radical (unpaired) electrons. The number of hydrogen-bond acceptors (Lipinski definition) is 3. The highest BCUT2D eigenvalue weighted by Gasteiger charge is 2.41. The molecule has 26 heavy (non-hydrogen) atoms. The molecule has 2 N–H and O–H groups in total. The number of unbranched alkanes of at least 4 members (excludes halogenated alkanes) is 1. The van der Waals surface area contributed by atoms with Gasteiger partial charge in [0, 0.05) is 13.1 Å². The zero-order valence-electron chi connectivity index (χ0n) is 15.2. The van der Waals surface area contributed by atoms with Crippen LogP contribution < -0.4 is 15.4 Å². The Balaban J connectivity index is 0.00000243. The number of nitrogens with zero attached hydrogens (tertiary/aromatic N) is 1. The first-order chi connectivity index (χ1) is 12.2. The van der Waals surface area contributed by atoms with Crippen LogP contribution in [0.3, 0.4) is 0 Å². The molecule has 0 spiro atoms. The van der Waals surface area contributed by atoms with E-state index in [9.17, 15) is 4.39 Å². The summed E-state index contributed by atoms with van der Waals surface area (Å²) in [6, 6.07) is 6.51. The summed E-state index contributed by atoms with van der Waals surface area (Å²) in [6.45, 7) is 4.29. The van der Waals surface area contributed by atoms with Crippen LogP contribution in [0, 0.1) is 5.82 Å². The minimum atomic E-state index is -0.244. The summed E-state index contributed by atoms with van der Waals surface area (Å²) in [7, 11) is 0. The molecule has 2 aliphatic heterocycles. The fraction of sp³-hybridized carbons (Fsp3) is 0.632. The first-order valence-corrected chi connectivity index (χ1v) is 9.33. The van der Waals surface area contributed by atoms with E-state index in [2.05, 4.69) is 22.5 Å². The number of benzene rings is 1. The number of rotatable bonds is 8. The molecule has 2 heterocycles. The van der Waals surface area contributed by atoms with E-state index in [-0.39, 0.29) is 29.8 Å². The molecule has 146 valence electrons. The highest BCUT2D eigenvalue weighted by Crippen LogP contribution is 2.34. The van der Waals surface area contributed by atoms with Crippen molar-refractivity contribution in [2.45, 2.75) is 57.3 Å². The lowest BCUT2D eigenvalue weighted by Gasteiger charge is -2.22. The van der Waals surface area contributed by atoms with Gasteiger partial charge in [0.25, 0.3) is 0 Å². The Morgan fingerprint density at radius 3 is 2.73 bits per heavy atom. The monoisotopic (exact) mass is 477 g/mol. The van der Waals surface area contributed by atoms with Gasteiger partial charge in [0.15, 0.2) is 5.96 Å². The van der Waals surface area contributed by atoms with Gasteiger partial charge in [-0.25, -0.2) is 4.39 Å². The van der Waals surface area contributed by atoms with Crippen molar-refractivity contribution in [3.63, 3.8) is 0 Å². The van der Waals surface area contributed by atoms with Gasteiger partial charge in [-0.05, 0) is 63.3 Å². The Bertz CT molecular complexity index is 570. The number of ether oxygens (including phenoxy) is 2. The Kier molecular flexibility index (Phi) is 8.90. The van der Waals surface area contributed by atoms with Gasteiger partial charge in [0.1, 0.15) is 11.6 Å². The molecule has 2 aliphatic rings. The molecule has 3 atom stereocenters. The molecule has 1 aromatic carbocycles. The van der Waals surface area contributed by atoms with Crippen molar-refractivity contribution in [2.75, 3.05) is 19.7 Å². The molecular weight excluding hydrogens is 448 g/mol. The van der Waals surface area contributed by atoms with Crippen LogP contribution >= 0.6 is 24.0 Å². The molecule has 2 bridgehead atoms. The van der Waals surface area contributed by atoms with Crippen molar-refractivity contribution >= 4 is 29.9 Å². The number of nitrogens with one attached hydrogen (secondary N) is 2. The summed E-state index contributed by atoms with van der Waals surface area (Å²) in [5, 5.41) is 6.83. The standard InChI is InChI=1S/C19H28FN3O2.HI/c1-2-21-19(23-17-13-16-9-10-18(17)25-16)22-11-3-4-12-24-15-7-5-14(20)6-8-15;/h5-8,16-18H,2-4,9-13H2,1H3,(H2,21,22,23);1H. The van der Waals surface area contributed by atoms with Gasteiger partial charge < -0.3 is 20.1 Å². The number of fused-ring (bicyclic) bond motifs is 2. The van der Waals surface area contributed by atoms with Crippen LogP contribution in [0.25, 0.3) is 0 Å². The molecule has 2 saturated heterocycles. The molecule has 0 aromatic heterocycles. The molecular formula is C19H29FIN3O2. The van der Waals surface area contributed by atoms with E-state index in [0.29, 0.717) is 30.6 Å². The van der Waals surface area contributed by atoms with E-state index < -0.39 is 0 Å². The Morgan fingerprint density at radius 1 is 1.27 bits per heavy atom. The third-order valence-corrected chi connectivity index (χ3v) is 4.68. The number of halogens is 2. The lowest BCUT2D eigenvalue weighted by molar-refractivity contribution is 0.0992. The summed E-state index contributed by atoms with van der Waals surface area (Å²) in [5.41, 5.74) is 0. The van der Waals surface area contributed by atoms with E-state index in [1.165, 1.54) is 18.6 Å². The van der Waals surface area contributed by atoms with Crippen LogP contribution in [0.1, 0.15) is 39.0 Å². The van der Waals surface area contributed by atoms with Gasteiger partial charge in [0.05, 0.1) is 24.9 Å². The fourth-order valence-corrected chi connectivity index (χ4v) is 3.41. The maximum absolute atomic E-state index is 12.8. The van der Waals surface area contributed by atoms with Gasteiger partial charge >= 0.3 is 0 Å². The number of hydrogen-bond donors (Lipinski definition) is 2. The lowest BCUT2D eigenvalue weighted by Crippen LogP contribution is -2.47. The smallest absolute Gasteiger partial charge is 0.191 e. The minimum Gasteiger partial charge on any atom is -0.494 e. The molecule has 0 amide bonds. The highest BCUT2D eigenvalue weighted by molar-refractivity contribution is 14.0. The van der Waals surface area contributed by atoms with E-state index in [1.54, 1.807) is 12.1 Å². The highest BCUT2D eigenvalue weighted by atomic mass is 127. The van der Waals surface area contributed by atoms with Gasteiger partial charge in [0.2, 0.25) is 0 Å². The zero-order valence-corrected chi connectivity index (χ0v) is 17.6. The summed E-state index contributed by atoms with van der Waals surface area (Å²) < 4.78 is 24.3. The quantitative estimate of drug-likeness (QED) is 0.261. The molecule has 0 saturated carbocycles. The Labute approximate surface area is 172 Å². The van der Waals surface area contributed by atoms with Crippen LogP contribution in [0.15, 0.2) is 29.3 Å². The normalized spacial score (nSPS) is 24.2. The van der Waals surface area contributed by atoms with Gasteiger partial charge in [-0.2, -0.15) is 0 Å². The maximum atomic E-state index is 12.8. The third-order valence-electron chi connectivity index (χ3n) is 4.68. The Morgan fingerprint density at radius 2 is 2.08 bits per heavy atom. The van der Waals surface area contributed by atoms with E-state index >= 15 is 0 Å². The number of aliphatic imine (C=N–C) groups is 1. The molecule has 0 aliphatic carbocycles. The van der Waals surface area contributed by atoms with Crippen molar-refractivity contribution in [1.29, 1.82) is 0 Å². The van der Waals surface area contributed by atoms with Crippen molar-refractivity contribution in [3.8, 4) is 5.75 Å². The van der Waals surface area contributed by atoms with Crippen LogP contribution in [-0.2, 0) is 4.74 Å². The van der Waals surface area contributed by atoms with Crippen LogP contribution in [0.2, 0.25) is 0 Å². The number of guanidine groups is 1. The zero-order chi connectivity index (χ0) is 17.5. The first-order valence-electron chi connectivity index (χ1n) is 9.33. The SMILES string of the molecule is CCNC(=NCCCCOc1ccc(F)cc1)NC1CC2CCC1O2.I. The van der Waals surface area contributed by atoms with Crippen LogP contribution in [-0.4, -0.2) is 43.9 Å². The first kappa shape index (κ1) is 21.2. The second-order valence-corrected chi connectivity index (χ2v) is 6.63. The minimum absolute atomic E-state index is 0. The molecule has 7 heteroatoms. The summed E-state index contributed by atoms with van der Waals surface area (Å²) in [6.07, 6.45) is 6.09. The summed E-state index contributed by atoms with van der Waals surface area (Å²) in [4.78, 5) is 4.65. The molecule has 5 nitrogen and oxygen atoms in total. The molecule has 3 rings (SSSR count). The van der Waals surface area contributed by atoms with Gasteiger partial charge in [-0.3, -0.25) is 4.99 Å². The third kappa shape index (κ3) is 6.26. The molecule has 3 unspecified atom stereocenters. The van der Waals surface area contributed by atoms with Gasteiger partial charge in [-0.15, -0.1) is 24.0 Å². The second kappa shape index (κ2) is 10.9. The largest absolute Gasteiger partial charge is 0.494 e. The Hall–Kier alpha value is -1.09.